The second-order valence-corrected chi connectivity index (χ2v) is 7.42. The predicted molar refractivity (Wildman–Crippen MR) is 75.2 cm³/mol. The zero-order chi connectivity index (χ0) is 13.3. The highest BCUT2D eigenvalue weighted by atomic mass is 32.2. The molecule has 0 amide bonds. The van der Waals surface area contributed by atoms with Crippen LogP contribution in [0.25, 0.3) is 0 Å². The summed E-state index contributed by atoms with van der Waals surface area (Å²) in [5.74, 6) is 0. The second kappa shape index (κ2) is 8.91. The van der Waals surface area contributed by atoms with Gasteiger partial charge in [-0.25, -0.2) is 0 Å². The van der Waals surface area contributed by atoms with Crippen molar-refractivity contribution in [2.24, 2.45) is 0 Å². The fourth-order valence-corrected chi connectivity index (χ4v) is 1.36. The van der Waals surface area contributed by atoms with E-state index in [2.05, 4.69) is 26.1 Å². The molecule has 0 bridgehead atoms. The van der Waals surface area contributed by atoms with E-state index < -0.39 is 10.9 Å². The molecule has 0 fully saturated rings. The lowest BCUT2D eigenvalue weighted by atomic mass is 10.1. The molecule has 4 nitrogen and oxygen atoms in total. The number of ether oxygens (including phenoxy) is 2. The molecule has 0 spiro atoms. The summed E-state index contributed by atoms with van der Waals surface area (Å²) in [6.45, 7) is 9.12. The lowest BCUT2D eigenvalue weighted by molar-refractivity contribution is -0.115. The van der Waals surface area contributed by atoms with Crippen molar-refractivity contribution in [2.75, 3.05) is 45.5 Å². The minimum atomic E-state index is -0.520. The first-order chi connectivity index (χ1) is 7.83. The Morgan fingerprint density at radius 2 is 1.71 bits per heavy atom. The van der Waals surface area contributed by atoms with Crippen molar-refractivity contribution < 1.29 is 14.3 Å². The molecule has 5 heteroatoms. The normalized spacial score (nSPS) is 12.6. The first kappa shape index (κ1) is 16.9. The van der Waals surface area contributed by atoms with E-state index in [1.165, 1.54) is 0 Å². The van der Waals surface area contributed by atoms with Crippen LogP contribution in [0.15, 0.2) is 0 Å². The molecule has 0 aliphatic heterocycles. The van der Waals surface area contributed by atoms with Gasteiger partial charge in [-0.3, -0.25) is 4.79 Å². The Morgan fingerprint density at radius 3 is 2.24 bits per heavy atom. The highest BCUT2D eigenvalue weighted by molar-refractivity contribution is 8.28. The second-order valence-electron chi connectivity index (χ2n) is 5.13. The van der Waals surface area contributed by atoms with Gasteiger partial charge >= 0.3 is 0 Å². The minimum Gasteiger partial charge on any atom is -0.378 e. The zero-order valence-corrected chi connectivity index (χ0v) is 12.6. The van der Waals surface area contributed by atoms with Gasteiger partial charge in [0.15, 0.2) is 5.12 Å². The minimum absolute atomic E-state index is 0.131. The first-order valence-corrected chi connectivity index (χ1v) is 8.17. The van der Waals surface area contributed by atoms with Crippen LogP contribution in [0.4, 0.5) is 0 Å². The summed E-state index contributed by atoms with van der Waals surface area (Å²) in [7, 11) is -0.520. The number of hydrogen-bond acceptors (Lipinski definition) is 4. The van der Waals surface area contributed by atoms with Gasteiger partial charge in [0.1, 0.15) is 6.61 Å². The molecule has 0 radical (unpaired) electrons. The van der Waals surface area contributed by atoms with E-state index in [9.17, 15) is 4.79 Å². The molecule has 0 aromatic carbocycles. The van der Waals surface area contributed by atoms with Crippen LogP contribution in [0.3, 0.4) is 0 Å². The number of nitrogens with one attached hydrogen (secondary N) is 1. The third-order valence-electron chi connectivity index (χ3n) is 2.00. The van der Waals surface area contributed by atoms with E-state index in [4.69, 9.17) is 9.47 Å². The van der Waals surface area contributed by atoms with E-state index in [0.717, 1.165) is 6.54 Å². The number of thiol groups is 1. The number of carbonyl (C=O) groups is 1. The molecule has 0 heterocycles. The van der Waals surface area contributed by atoms with Gasteiger partial charge in [-0.05, 0) is 33.3 Å². The van der Waals surface area contributed by atoms with Crippen LogP contribution in [-0.4, -0.2) is 56.1 Å². The Kier molecular flexibility index (Phi) is 8.86. The van der Waals surface area contributed by atoms with Gasteiger partial charge in [-0.1, -0.05) is 0 Å². The summed E-state index contributed by atoms with van der Waals surface area (Å²) >= 11 is 0. The topological polar surface area (TPSA) is 47.6 Å². The monoisotopic (exact) mass is 265 g/mol. The van der Waals surface area contributed by atoms with E-state index in [1.54, 1.807) is 0 Å². The van der Waals surface area contributed by atoms with Crippen LogP contribution < -0.4 is 5.32 Å². The molecular weight excluding hydrogens is 238 g/mol. The van der Waals surface area contributed by atoms with Crippen molar-refractivity contribution in [3.05, 3.63) is 0 Å². The maximum Gasteiger partial charge on any atom is 0.194 e. The Hall–Kier alpha value is -0.100. The fourth-order valence-electron chi connectivity index (χ4n) is 1.01. The first-order valence-electron chi connectivity index (χ1n) is 5.93. The van der Waals surface area contributed by atoms with Crippen molar-refractivity contribution in [3.8, 4) is 0 Å². The van der Waals surface area contributed by atoms with Gasteiger partial charge < -0.3 is 14.8 Å². The molecule has 0 rings (SSSR count). The van der Waals surface area contributed by atoms with Gasteiger partial charge in [-0.2, -0.15) is 10.9 Å². The number of rotatable bonds is 8. The molecule has 0 atom stereocenters. The standard InChI is InChI=1S/C12H27NO3S/c1-12(2,3)13-6-7-15-8-9-16-10-11(14)17(4)5/h13,17H,6-10H2,1-5H3. The summed E-state index contributed by atoms with van der Waals surface area (Å²) in [6, 6.07) is 0. The molecule has 0 aliphatic carbocycles. The molecule has 17 heavy (non-hydrogen) atoms. The Labute approximate surface area is 108 Å². The Balaban J connectivity index is 3.22. The molecule has 0 saturated carbocycles. The smallest absolute Gasteiger partial charge is 0.194 e. The average molecular weight is 265 g/mol. The van der Waals surface area contributed by atoms with Crippen LogP contribution in [0.5, 0.6) is 0 Å². The third-order valence-corrected chi connectivity index (χ3v) is 3.12. The fraction of sp³-hybridized carbons (Fsp3) is 0.917. The van der Waals surface area contributed by atoms with Crippen LogP contribution >= 0.6 is 10.9 Å². The van der Waals surface area contributed by atoms with Gasteiger partial charge in [0.2, 0.25) is 0 Å². The van der Waals surface area contributed by atoms with Gasteiger partial charge in [0, 0.05) is 12.1 Å². The largest absolute Gasteiger partial charge is 0.378 e. The van der Waals surface area contributed by atoms with Crippen LogP contribution in [0.1, 0.15) is 20.8 Å². The van der Waals surface area contributed by atoms with E-state index >= 15 is 0 Å². The van der Waals surface area contributed by atoms with Gasteiger partial charge in [-0.15, -0.1) is 0 Å². The Bertz CT molecular complexity index is 214. The summed E-state index contributed by atoms with van der Waals surface area (Å²) in [5, 5.41) is 3.53. The molecule has 0 aliphatic rings. The molecule has 1 N–H and O–H groups in total. The Morgan fingerprint density at radius 1 is 1.12 bits per heavy atom. The van der Waals surface area contributed by atoms with Crippen molar-refractivity contribution in [2.45, 2.75) is 26.3 Å². The van der Waals surface area contributed by atoms with Crippen molar-refractivity contribution in [1.82, 2.24) is 5.32 Å². The third kappa shape index (κ3) is 12.2. The predicted octanol–water partition coefficient (Wildman–Crippen LogP) is 1.20. The lowest BCUT2D eigenvalue weighted by Gasteiger charge is -2.20. The molecular formula is C12H27NO3S. The van der Waals surface area contributed by atoms with Crippen LogP contribution in [0.2, 0.25) is 0 Å². The van der Waals surface area contributed by atoms with E-state index in [-0.39, 0.29) is 17.3 Å². The number of carbonyl (C=O) groups excluding carboxylic acids is 1. The molecule has 0 saturated heterocycles. The highest BCUT2D eigenvalue weighted by Gasteiger charge is 2.07. The van der Waals surface area contributed by atoms with Crippen molar-refractivity contribution in [3.63, 3.8) is 0 Å². The maximum atomic E-state index is 11.2. The van der Waals surface area contributed by atoms with Crippen LogP contribution in [0, 0.1) is 0 Å². The maximum absolute atomic E-state index is 11.2. The summed E-state index contributed by atoms with van der Waals surface area (Å²) in [4.78, 5) is 11.2. The molecule has 0 aromatic rings. The molecule has 0 unspecified atom stereocenters. The lowest BCUT2D eigenvalue weighted by Crippen LogP contribution is -2.38. The quantitative estimate of drug-likeness (QED) is 0.511. The summed E-state index contributed by atoms with van der Waals surface area (Å²) < 4.78 is 10.6. The van der Waals surface area contributed by atoms with Gasteiger partial charge in [0.25, 0.3) is 0 Å². The van der Waals surface area contributed by atoms with Crippen molar-refractivity contribution in [1.29, 1.82) is 0 Å². The molecule has 0 aromatic heterocycles. The SMILES string of the molecule is C[SH](C)C(=O)COCCOCCNC(C)(C)C. The summed E-state index contributed by atoms with van der Waals surface area (Å²) in [6.07, 6.45) is 3.88. The number of hydrogen-bond donors (Lipinski definition) is 2. The van der Waals surface area contributed by atoms with Crippen LogP contribution in [-0.2, 0) is 14.3 Å². The van der Waals surface area contributed by atoms with E-state index in [1.807, 2.05) is 12.5 Å². The van der Waals surface area contributed by atoms with Gasteiger partial charge in [0.05, 0.1) is 19.8 Å². The van der Waals surface area contributed by atoms with Crippen molar-refractivity contribution >= 4 is 16.0 Å². The highest BCUT2D eigenvalue weighted by Crippen LogP contribution is 2.13. The zero-order valence-electron chi connectivity index (χ0n) is 11.7. The molecule has 104 valence electrons. The summed E-state index contributed by atoms with van der Waals surface area (Å²) in [5.41, 5.74) is 0.131. The average Bonchev–Trinajstić information content (AvgIpc) is 2.19. The van der Waals surface area contributed by atoms with E-state index in [0.29, 0.717) is 19.8 Å².